The number of carbonyl (C=O) groups is 3. The maximum absolute atomic E-state index is 13.3. The van der Waals surface area contributed by atoms with Gasteiger partial charge in [0.05, 0.1) is 18.9 Å². The molecular weight excluding hydrogens is 376 g/mol. The summed E-state index contributed by atoms with van der Waals surface area (Å²) in [5.74, 6) is -0.979. The molecule has 2 aromatic rings. The number of nitrogens with zero attached hydrogens (tertiary/aromatic N) is 1. The van der Waals surface area contributed by atoms with Gasteiger partial charge in [0.15, 0.2) is 11.5 Å². The van der Waals surface area contributed by atoms with Crippen LogP contribution >= 0.6 is 0 Å². The highest BCUT2D eigenvalue weighted by Gasteiger charge is 2.32. The molecule has 8 heteroatoms. The molecule has 158 valence electrons. The summed E-state index contributed by atoms with van der Waals surface area (Å²) in [7, 11) is 1.58. The number of rotatable bonds is 10. The number of amides is 1. The van der Waals surface area contributed by atoms with Gasteiger partial charge in [-0.05, 0) is 51.8 Å². The number of ether oxygens (including phenoxy) is 2. The minimum absolute atomic E-state index is 0.164. The molecule has 2 rings (SSSR count). The third-order valence-corrected chi connectivity index (χ3v) is 4.75. The maximum Gasteiger partial charge on any atom is 0.355 e. The van der Waals surface area contributed by atoms with Gasteiger partial charge in [0.2, 0.25) is 0 Å². The van der Waals surface area contributed by atoms with Gasteiger partial charge in [-0.25, -0.2) is 4.79 Å². The first-order chi connectivity index (χ1) is 13.8. The lowest BCUT2D eigenvalue weighted by Crippen LogP contribution is -2.44. The van der Waals surface area contributed by atoms with E-state index >= 15 is 0 Å². The van der Waals surface area contributed by atoms with Gasteiger partial charge in [-0.2, -0.15) is 0 Å². The van der Waals surface area contributed by atoms with Gasteiger partial charge in [-0.1, -0.05) is 0 Å². The Balaban J connectivity index is 2.33. The number of H-pyrrole nitrogens is 1. The third-order valence-electron chi connectivity index (χ3n) is 4.75. The van der Waals surface area contributed by atoms with Gasteiger partial charge in [0, 0.05) is 31.5 Å². The lowest BCUT2D eigenvalue weighted by Gasteiger charge is -2.28. The van der Waals surface area contributed by atoms with Crippen LogP contribution < -0.4 is 0 Å². The van der Waals surface area contributed by atoms with Crippen LogP contribution in [0.1, 0.15) is 62.9 Å². The molecule has 8 nitrogen and oxygen atoms in total. The average Bonchev–Trinajstić information content (AvgIpc) is 3.32. The molecule has 0 aromatic carbocycles. The first-order valence-corrected chi connectivity index (χ1v) is 9.57. The van der Waals surface area contributed by atoms with Crippen LogP contribution in [0.25, 0.3) is 0 Å². The van der Waals surface area contributed by atoms with Crippen molar-refractivity contribution in [3.05, 3.63) is 46.7 Å². The maximum atomic E-state index is 13.3. The van der Waals surface area contributed by atoms with Crippen molar-refractivity contribution in [3.63, 3.8) is 0 Å². The Morgan fingerprint density at radius 3 is 2.59 bits per heavy atom. The van der Waals surface area contributed by atoms with Crippen LogP contribution in [-0.4, -0.2) is 60.5 Å². The molecule has 0 bridgehead atoms. The summed E-state index contributed by atoms with van der Waals surface area (Å²) < 4.78 is 15.3. The van der Waals surface area contributed by atoms with Crippen molar-refractivity contribution >= 4 is 17.7 Å². The number of furan rings is 1. The standard InChI is InChI=1S/C21H28N2O6/c1-6-28-21(26)18-13(2)17(14(3)22-18)19(24)15(4)23(10-8-11-27-5)20(25)16-9-7-12-29-16/h7,9,12,15,22H,6,8,10-11H2,1-5H3/t15-/m1/s1. The van der Waals surface area contributed by atoms with Crippen molar-refractivity contribution in [2.75, 3.05) is 26.9 Å². The molecule has 0 aliphatic carbocycles. The molecule has 2 heterocycles. The molecule has 0 radical (unpaired) electrons. The van der Waals surface area contributed by atoms with Crippen LogP contribution in [0.5, 0.6) is 0 Å². The SMILES string of the molecule is CCOC(=O)c1[nH]c(C)c(C(=O)[C@@H](C)N(CCCOC)C(=O)c2ccco2)c1C. The molecule has 29 heavy (non-hydrogen) atoms. The monoisotopic (exact) mass is 404 g/mol. The minimum atomic E-state index is -0.757. The molecule has 1 N–H and O–H groups in total. The molecule has 1 atom stereocenters. The van der Waals surface area contributed by atoms with Gasteiger partial charge in [-0.3, -0.25) is 9.59 Å². The molecule has 0 saturated heterocycles. The molecular formula is C21H28N2O6. The van der Waals surface area contributed by atoms with E-state index in [2.05, 4.69) is 4.98 Å². The van der Waals surface area contributed by atoms with Crippen molar-refractivity contribution in [1.82, 2.24) is 9.88 Å². The fourth-order valence-electron chi connectivity index (χ4n) is 3.27. The van der Waals surface area contributed by atoms with Crippen LogP contribution in [0.3, 0.4) is 0 Å². The Morgan fingerprint density at radius 2 is 2.00 bits per heavy atom. The third kappa shape index (κ3) is 4.95. The predicted octanol–water partition coefficient (Wildman–Crippen LogP) is 3.15. The number of ketones is 1. The zero-order valence-corrected chi connectivity index (χ0v) is 17.5. The van der Waals surface area contributed by atoms with E-state index in [1.807, 2.05) is 0 Å². The number of nitrogens with one attached hydrogen (secondary N) is 1. The van der Waals surface area contributed by atoms with Crippen LogP contribution in [0, 0.1) is 13.8 Å². The Hall–Kier alpha value is -2.87. The number of methoxy groups -OCH3 is 1. The number of aromatic nitrogens is 1. The smallest absolute Gasteiger partial charge is 0.355 e. The fourth-order valence-corrected chi connectivity index (χ4v) is 3.27. The van der Waals surface area contributed by atoms with Crippen LogP contribution in [0.15, 0.2) is 22.8 Å². The minimum Gasteiger partial charge on any atom is -0.461 e. The lowest BCUT2D eigenvalue weighted by molar-refractivity contribution is 0.0518. The van der Waals surface area contributed by atoms with Crippen LogP contribution in [-0.2, 0) is 9.47 Å². The number of aryl methyl sites for hydroxylation is 1. The van der Waals surface area contributed by atoms with E-state index in [-0.39, 0.29) is 29.8 Å². The summed E-state index contributed by atoms with van der Waals surface area (Å²) >= 11 is 0. The molecule has 0 aliphatic rings. The van der Waals surface area contributed by atoms with E-state index in [1.165, 1.54) is 11.2 Å². The highest BCUT2D eigenvalue weighted by molar-refractivity contribution is 6.07. The molecule has 0 spiro atoms. The van der Waals surface area contributed by atoms with Crippen LogP contribution in [0.2, 0.25) is 0 Å². The molecule has 2 aromatic heterocycles. The normalized spacial score (nSPS) is 11.9. The van der Waals surface area contributed by atoms with Crippen LogP contribution in [0.4, 0.5) is 0 Å². The summed E-state index contributed by atoms with van der Waals surface area (Å²) in [5.41, 5.74) is 1.72. The van der Waals surface area contributed by atoms with Gasteiger partial charge >= 0.3 is 5.97 Å². The largest absolute Gasteiger partial charge is 0.461 e. The zero-order chi connectivity index (χ0) is 21.6. The molecule has 0 fully saturated rings. The van der Waals surface area contributed by atoms with E-state index < -0.39 is 12.0 Å². The molecule has 0 aliphatic heterocycles. The fraction of sp³-hybridized carbons (Fsp3) is 0.476. The van der Waals surface area contributed by atoms with Gasteiger partial charge in [0.1, 0.15) is 5.69 Å². The highest BCUT2D eigenvalue weighted by atomic mass is 16.5. The Morgan fingerprint density at radius 1 is 1.28 bits per heavy atom. The lowest BCUT2D eigenvalue weighted by atomic mass is 9.99. The Labute approximate surface area is 170 Å². The zero-order valence-electron chi connectivity index (χ0n) is 17.5. The summed E-state index contributed by atoms with van der Waals surface area (Å²) in [6.07, 6.45) is 1.98. The number of hydrogen-bond acceptors (Lipinski definition) is 6. The summed E-state index contributed by atoms with van der Waals surface area (Å²) in [5, 5.41) is 0. The second-order valence-electron chi connectivity index (χ2n) is 6.71. The number of aromatic amines is 1. The number of esters is 1. The summed E-state index contributed by atoms with van der Waals surface area (Å²) in [6.45, 7) is 7.83. The average molecular weight is 404 g/mol. The van der Waals surface area contributed by atoms with E-state index in [0.29, 0.717) is 36.4 Å². The van der Waals surface area contributed by atoms with Crippen molar-refractivity contribution < 1.29 is 28.3 Å². The Kier molecular flexibility index (Phi) is 7.78. The first kappa shape index (κ1) is 22.4. The van der Waals surface area contributed by atoms with Crippen molar-refractivity contribution in [2.24, 2.45) is 0 Å². The van der Waals surface area contributed by atoms with Crippen molar-refractivity contribution in [2.45, 2.75) is 40.2 Å². The second-order valence-corrected chi connectivity index (χ2v) is 6.71. The first-order valence-electron chi connectivity index (χ1n) is 9.57. The van der Waals surface area contributed by atoms with E-state index in [1.54, 1.807) is 46.9 Å². The number of Topliss-reactive ketones (excluding diaryl/α,β-unsaturated/α-hetero) is 1. The topological polar surface area (TPSA) is 102 Å². The predicted molar refractivity (Wildman–Crippen MR) is 106 cm³/mol. The molecule has 0 saturated carbocycles. The molecule has 0 unspecified atom stereocenters. The summed E-state index contributed by atoms with van der Waals surface area (Å²) in [4.78, 5) is 42.8. The summed E-state index contributed by atoms with van der Waals surface area (Å²) in [6, 6.07) is 2.43. The van der Waals surface area contributed by atoms with Crippen molar-refractivity contribution in [1.29, 1.82) is 0 Å². The van der Waals surface area contributed by atoms with Gasteiger partial charge < -0.3 is 23.8 Å². The number of carbonyl (C=O) groups excluding carboxylic acids is 3. The van der Waals surface area contributed by atoms with E-state index in [4.69, 9.17) is 13.9 Å². The number of hydrogen-bond donors (Lipinski definition) is 1. The van der Waals surface area contributed by atoms with E-state index in [0.717, 1.165) is 0 Å². The highest BCUT2D eigenvalue weighted by Crippen LogP contribution is 2.23. The second kappa shape index (κ2) is 10.1. The van der Waals surface area contributed by atoms with Crippen molar-refractivity contribution in [3.8, 4) is 0 Å². The van der Waals surface area contributed by atoms with E-state index in [9.17, 15) is 14.4 Å². The Bertz CT molecular complexity index is 853. The van der Waals surface area contributed by atoms with Gasteiger partial charge in [0.25, 0.3) is 5.91 Å². The van der Waals surface area contributed by atoms with Gasteiger partial charge in [-0.15, -0.1) is 0 Å². The molecule has 1 amide bonds. The quantitative estimate of drug-likeness (QED) is 0.371.